The monoisotopic (exact) mass is 248 g/mol. The van der Waals surface area contributed by atoms with E-state index in [1.54, 1.807) is 0 Å². The highest BCUT2D eigenvalue weighted by Gasteiger charge is 2.38. The lowest BCUT2D eigenvalue weighted by atomic mass is 10.1. The van der Waals surface area contributed by atoms with Gasteiger partial charge in [-0.3, -0.25) is 4.79 Å². The lowest BCUT2D eigenvalue weighted by Crippen LogP contribution is -2.39. The fourth-order valence-electron chi connectivity index (χ4n) is 2.26. The molecule has 0 amide bonds. The zero-order chi connectivity index (χ0) is 13.1. The van der Waals surface area contributed by atoms with Crippen LogP contribution in [0.4, 0.5) is 0 Å². The Morgan fingerprint density at radius 3 is 2.12 bits per heavy atom. The molecule has 1 unspecified atom stereocenters. The van der Waals surface area contributed by atoms with Crippen LogP contribution in [-0.4, -0.2) is 13.9 Å². The van der Waals surface area contributed by atoms with Crippen molar-refractivity contribution in [3.05, 3.63) is 35.9 Å². The van der Waals surface area contributed by atoms with Crippen molar-refractivity contribution in [3.8, 4) is 0 Å². The van der Waals surface area contributed by atoms with Crippen molar-refractivity contribution in [2.75, 3.05) is 0 Å². The molecule has 1 nitrogen and oxygen atoms in total. The van der Waals surface area contributed by atoms with E-state index < -0.39 is 8.07 Å². The van der Waals surface area contributed by atoms with E-state index in [1.165, 1.54) is 0 Å². The average molecular weight is 248 g/mol. The van der Waals surface area contributed by atoms with Gasteiger partial charge in [0.05, 0.1) is 8.07 Å². The second kappa shape index (κ2) is 5.63. The highest BCUT2D eigenvalue weighted by atomic mass is 28.3. The van der Waals surface area contributed by atoms with Crippen LogP contribution in [-0.2, 0) is 0 Å². The molecule has 0 bridgehead atoms. The van der Waals surface area contributed by atoms with Crippen molar-refractivity contribution in [1.82, 2.24) is 0 Å². The second-order valence-corrected chi connectivity index (χ2v) is 11.2. The first kappa shape index (κ1) is 14.2. The molecule has 0 spiro atoms. The Hall–Kier alpha value is -0.893. The van der Waals surface area contributed by atoms with Gasteiger partial charge in [-0.25, -0.2) is 0 Å². The van der Waals surface area contributed by atoms with E-state index in [9.17, 15) is 4.79 Å². The maximum Gasteiger partial charge on any atom is 0.163 e. The second-order valence-electron chi connectivity index (χ2n) is 5.67. The summed E-state index contributed by atoms with van der Waals surface area (Å²) in [4.78, 5) is 12.6. The van der Waals surface area contributed by atoms with Crippen LogP contribution in [0.1, 0.15) is 37.6 Å². The van der Waals surface area contributed by atoms with Crippen LogP contribution in [0.2, 0.25) is 24.2 Å². The van der Waals surface area contributed by atoms with Crippen LogP contribution >= 0.6 is 0 Å². The number of Topliss-reactive ketones (excluding diaryl/α,β-unsaturated/α-hetero) is 1. The molecule has 1 aromatic carbocycles. The molecule has 0 radical (unpaired) electrons. The van der Waals surface area contributed by atoms with Gasteiger partial charge in [-0.2, -0.15) is 0 Å². The number of benzene rings is 1. The van der Waals surface area contributed by atoms with Gasteiger partial charge in [-0.1, -0.05) is 69.7 Å². The molecule has 1 aromatic rings. The summed E-state index contributed by atoms with van der Waals surface area (Å²) in [6.07, 6.45) is 0.963. The minimum Gasteiger partial charge on any atom is -0.294 e. The van der Waals surface area contributed by atoms with E-state index in [2.05, 4.69) is 33.9 Å². The minimum atomic E-state index is -1.51. The predicted molar refractivity (Wildman–Crippen MR) is 77.4 cm³/mol. The van der Waals surface area contributed by atoms with Gasteiger partial charge in [0.2, 0.25) is 0 Å². The van der Waals surface area contributed by atoms with Gasteiger partial charge in [0.25, 0.3) is 0 Å². The minimum absolute atomic E-state index is 0.241. The number of carbonyl (C=O) groups excluding carboxylic acids is 1. The number of hydrogen-bond donors (Lipinski definition) is 0. The topological polar surface area (TPSA) is 17.1 Å². The molecule has 0 N–H and O–H groups in total. The molecule has 0 saturated carbocycles. The van der Waals surface area contributed by atoms with Gasteiger partial charge in [-0.15, -0.1) is 0 Å². The number of rotatable bonds is 5. The molecule has 0 aliphatic heterocycles. The van der Waals surface area contributed by atoms with Crippen LogP contribution < -0.4 is 0 Å². The summed E-state index contributed by atoms with van der Waals surface area (Å²) in [5.74, 6) is 0.346. The Morgan fingerprint density at radius 2 is 1.71 bits per heavy atom. The van der Waals surface area contributed by atoms with Gasteiger partial charge in [0.15, 0.2) is 5.78 Å². The van der Waals surface area contributed by atoms with Gasteiger partial charge >= 0.3 is 0 Å². The van der Waals surface area contributed by atoms with Crippen molar-refractivity contribution in [2.45, 2.75) is 51.4 Å². The van der Waals surface area contributed by atoms with E-state index in [-0.39, 0.29) is 5.54 Å². The van der Waals surface area contributed by atoms with Gasteiger partial charge < -0.3 is 0 Å². The molecule has 0 saturated heterocycles. The summed E-state index contributed by atoms with van der Waals surface area (Å²) in [7, 11) is -1.51. The first-order chi connectivity index (χ1) is 7.91. The fraction of sp³-hybridized carbons (Fsp3) is 0.533. The SMILES string of the molecule is CCC(C(=O)c1ccccc1)[Si](C)(C)C(C)C. The highest BCUT2D eigenvalue weighted by molar-refractivity contribution is 6.83. The zero-order valence-electron chi connectivity index (χ0n) is 11.7. The molecule has 0 aliphatic rings. The average Bonchev–Trinajstić information content (AvgIpc) is 2.30. The largest absolute Gasteiger partial charge is 0.294 e. The molecule has 2 heteroatoms. The van der Waals surface area contributed by atoms with Crippen molar-refractivity contribution in [1.29, 1.82) is 0 Å². The first-order valence-corrected chi connectivity index (χ1v) is 9.66. The lowest BCUT2D eigenvalue weighted by molar-refractivity contribution is 0.0978. The molecule has 94 valence electrons. The molecule has 17 heavy (non-hydrogen) atoms. The van der Waals surface area contributed by atoms with Crippen LogP contribution in [0.25, 0.3) is 0 Å². The Balaban J connectivity index is 3.01. The lowest BCUT2D eigenvalue weighted by Gasteiger charge is -2.34. The van der Waals surface area contributed by atoms with Crippen LogP contribution in [0.5, 0.6) is 0 Å². The maximum atomic E-state index is 12.6. The Kier molecular flexibility index (Phi) is 4.69. The Labute approximate surface area is 106 Å². The van der Waals surface area contributed by atoms with E-state index in [4.69, 9.17) is 0 Å². The predicted octanol–water partition coefficient (Wildman–Crippen LogP) is 4.77. The molecule has 0 fully saturated rings. The third-order valence-electron chi connectivity index (χ3n) is 4.17. The first-order valence-electron chi connectivity index (χ1n) is 6.50. The summed E-state index contributed by atoms with van der Waals surface area (Å²) in [6.45, 7) is 11.3. The molecular weight excluding hydrogens is 224 g/mol. The number of ketones is 1. The smallest absolute Gasteiger partial charge is 0.163 e. The third kappa shape index (κ3) is 3.06. The molecule has 0 heterocycles. The standard InChI is InChI=1S/C15H24OSi/c1-6-14(17(4,5)12(2)3)15(16)13-10-8-7-9-11-13/h7-12,14H,6H2,1-5H3. The fourth-order valence-corrected chi connectivity index (χ4v) is 4.95. The molecule has 1 atom stereocenters. The molecular formula is C15H24OSi. The number of hydrogen-bond acceptors (Lipinski definition) is 1. The quantitative estimate of drug-likeness (QED) is 0.542. The summed E-state index contributed by atoms with van der Waals surface area (Å²) in [5, 5.41) is 0. The summed E-state index contributed by atoms with van der Waals surface area (Å²) < 4.78 is 0. The molecule has 0 aromatic heterocycles. The van der Waals surface area contributed by atoms with Crippen molar-refractivity contribution in [2.24, 2.45) is 0 Å². The van der Waals surface area contributed by atoms with Gasteiger partial charge in [-0.05, 0) is 6.42 Å². The Bertz CT molecular complexity index is 368. The van der Waals surface area contributed by atoms with E-state index >= 15 is 0 Å². The van der Waals surface area contributed by atoms with E-state index in [0.29, 0.717) is 11.3 Å². The van der Waals surface area contributed by atoms with Crippen molar-refractivity contribution in [3.63, 3.8) is 0 Å². The van der Waals surface area contributed by atoms with E-state index in [0.717, 1.165) is 12.0 Å². The Morgan fingerprint density at radius 1 is 1.18 bits per heavy atom. The van der Waals surface area contributed by atoms with Gasteiger partial charge in [0.1, 0.15) is 0 Å². The van der Waals surface area contributed by atoms with Crippen LogP contribution in [0.15, 0.2) is 30.3 Å². The number of carbonyl (C=O) groups is 1. The normalized spacial score (nSPS) is 13.8. The summed E-state index contributed by atoms with van der Waals surface area (Å²) >= 11 is 0. The summed E-state index contributed by atoms with van der Waals surface area (Å²) in [5.41, 5.74) is 1.76. The van der Waals surface area contributed by atoms with Crippen molar-refractivity contribution >= 4 is 13.9 Å². The van der Waals surface area contributed by atoms with Gasteiger partial charge in [0, 0.05) is 11.1 Å². The van der Waals surface area contributed by atoms with Crippen LogP contribution in [0.3, 0.4) is 0 Å². The highest BCUT2D eigenvalue weighted by Crippen LogP contribution is 2.37. The maximum absolute atomic E-state index is 12.6. The van der Waals surface area contributed by atoms with Crippen molar-refractivity contribution < 1.29 is 4.79 Å². The third-order valence-corrected chi connectivity index (χ3v) is 9.61. The van der Waals surface area contributed by atoms with Crippen LogP contribution in [0, 0.1) is 0 Å². The zero-order valence-corrected chi connectivity index (χ0v) is 12.7. The summed E-state index contributed by atoms with van der Waals surface area (Å²) in [6, 6.07) is 9.74. The van der Waals surface area contributed by atoms with E-state index in [1.807, 2.05) is 30.3 Å². The molecule has 0 aliphatic carbocycles. The molecule has 1 rings (SSSR count).